The number of allylic oxidation sites excluding steroid dienone is 2. The number of fused-ring (bicyclic) bond motifs is 5. The van der Waals surface area contributed by atoms with Gasteiger partial charge in [-0.05, 0) is 113 Å². The van der Waals surface area contributed by atoms with Crippen molar-refractivity contribution < 1.29 is 126 Å². The Bertz CT molecular complexity index is 1890. The molecule has 67 heavy (non-hydrogen) atoms. The Balaban J connectivity index is 0.00000741. The van der Waals surface area contributed by atoms with Crippen molar-refractivity contribution in [2.24, 2.45) is 40.4 Å². The first-order valence-electron chi connectivity index (χ1n) is 23.5. The number of aliphatic hydroxyl groups is 9. The average Bonchev–Trinajstić information content (AvgIpc) is 3.58. The molecule has 6 fully saturated rings. The molecule has 3 aliphatic heterocycles. The summed E-state index contributed by atoms with van der Waals surface area (Å²) in [7, 11) is -5.08. The Kier molecular flexibility index (Phi) is 17.2. The van der Waals surface area contributed by atoms with Gasteiger partial charge in [-0.15, -0.1) is 0 Å². The van der Waals surface area contributed by atoms with Crippen molar-refractivity contribution in [1.82, 2.24) is 0 Å². The zero-order chi connectivity index (χ0) is 48.8. The summed E-state index contributed by atoms with van der Waals surface area (Å²) in [6.07, 6.45) is -19.2. The third kappa shape index (κ3) is 10.8. The summed E-state index contributed by atoms with van der Waals surface area (Å²) in [5.74, 6) is -3.65. The molecule has 0 spiro atoms. The molecule has 3 heterocycles. The summed E-state index contributed by atoms with van der Waals surface area (Å²) in [6, 6.07) is 0. The van der Waals surface area contributed by atoms with Crippen molar-refractivity contribution in [2.75, 3.05) is 0 Å². The zero-order valence-electron chi connectivity index (χ0n) is 40.0. The number of ether oxygens (including phenoxy) is 6. The summed E-state index contributed by atoms with van der Waals surface area (Å²) in [6.45, 7) is 14.0. The van der Waals surface area contributed by atoms with E-state index in [9.17, 15) is 63.7 Å². The number of hydrogen-bond acceptors (Lipinski definition) is 20. The minimum absolute atomic E-state index is 0. The van der Waals surface area contributed by atoms with E-state index in [2.05, 4.69) is 19.9 Å². The Labute approximate surface area is 414 Å². The van der Waals surface area contributed by atoms with Crippen molar-refractivity contribution >= 4 is 16.2 Å². The molecule has 3 saturated heterocycles. The van der Waals surface area contributed by atoms with Gasteiger partial charge in [0.2, 0.25) is 16.2 Å². The van der Waals surface area contributed by atoms with Crippen LogP contribution in [-0.2, 0) is 47.8 Å². The molecule has 0 bridgehead atoms. The predicted molar refractivity (Wildman–Crippen MR) is 226 cm³/mol. The van der Waals surface area contributed by atoms with Crippen LogP contribution in [0.15, 0.2) is 11.6 Å². The van der Waals surface area contributed by atoms with Gasteiger partial charge < -0.3 is 78.9 Å². The van der Waals surface area contributed by atoms with Gasteiger partial charge in [0, 0.05) is 12.8 Å². The fourth-order valence-corrected chi connectivity index (χ4v) is 13.6. The fraction of sp³-hybridized carbons (Fsp3) is 0.933. The van der Waals surface area contributed by atoms with Crippen LogP contribution >= 0.6 is 0 Å². The third-order valence-corrected chi connectivity index (χ3v) is 17.1. The van der Waals surface area contributed by atoms with Gasteiger partial charge in [0.1, 0.15) is 60.7 Å². The van der Waals surface area contributed by atoms with E-state index in [1.165, 1.54) is 20.8 Å². The van der Waals surface area contributed by atoms with E-state index in [0.717, 1.165) is 12.0 Å². The van der Waals surface area contributed by atoms with Crippen molar-refractivity contribution in [2.45, 2.75) is 223 Å². The van der Waals surface area contributed by atoms with Crippen LogP contribution in [0.4, 0.5) is 0 Å². The number of ketones is 1. The SMILES string of the molecule is CC(C)CC(=O)C[C@](C)(O)C1CCC2C3C[C@H](OC4OC(C)C(O)(O)C(OC5OC(C)C(O)C(O)C5OC5OC(C)C(O)C(O)C5O)C4O)[C@H]4CC(OS(=O)(=O)[O-])CCC4(C)C3=CCC21C.[Na+]. The Morgan fingerprint density at radius 3 is 2.07 bits per heavy atom. The molecule has 20 nitrogen and oxygen atoms in total. The van der Waals surface area contributed by atoms with Gasteiger partial charge >= 0.3 is 29.6 Å². The standard InChI is InChI=1S/C45H74O20S.Na/c1-19(2)15-23(46)18-44(8,53)30-10-9-26-25-17-29(28-16-24(65-66(56,57)58)11-13-42(28,6)27(25)12-14-43(26,30)7)62-40-36(52)38(45(54,55)22(5)61-40)64-41-37(34(50)32(48)21(4)60-41)63-39-35(51)33(49)31(47)20(3)59-39;/h12,19-22,24-26,28-41,47-55H,9-11,13-18H2,1-8H3,(H,56,57,58);/q;+1/p-1/t20?,21?,22?,24?,25?,26?,28-,29+,30?,31?,32?,33?,34?,35?,36?,37?,38?,39?,40?,41?,42?,43?,44+;/m1./s1. The molecule has 0 radical (unpaired) electrons. The van der Waals surface area contributed by atoms with Crippen molar-refractivity contribution in [3.8, 4) is 0 Å². The first kappa shape index (κ1) is 56.0. The molecule has 380 valence electrons. The maximum atomic E-state index is 13.1. The topological polar surface area (TPSA) is 321 Å². The van der Waals surface area contributed by atoms with Gasteiger partial charge in [-0.3, -0.25) is 8.98 Å². The Hall–Kier alpha value is -0.320. The predicted octanol–water partition coefficient (Wildman–Crippen LogP) is -2.98. The van der Waals surface area contributed by atoms with Crippen LogP contribution in [0, 0.1) is 40.4 Å². The van der Waals surface area contributed by atoms with Crippen LogP contribution in [0.25, 0.3) is 0 Å². The first-order chi connectivity index (χ1) is 30.5. The van der Waals surface area contributed by atoms with Gasteiger partial charge in [0.05, 0.1) is 30.0 Å². The molecule has 9 N–H and O–H groups in total. The molecule has 0 aromatic rings. The number of hydrogen-bond donors (Lipinski definition) is 9. The molecule has 20 unspecified atom stereocenters. The Morgan fingerprint density at radius 2 is 1.45 bits per heavy atom. The van der Waals surface area contributed by atoms with E-state index >= 15 is 0 Å². The molecule has 4 aliphatic carbocycles. The fourth-order valence-electron chi connectivity index (χ4n) is 13.1. The van der Waals surface area contributed by atoms with E-state index in [4.69, 9.17) is 32.6 Å². The molecular weight excluding hydrogens is 916 g/mol. The van der Waals surface area contributed by atoms with Gasteiger partial charge in [-0.1, -0.05) is 39.3 Å². The maximum absolute atomic E-state index is 13.1. The van der Waals surface area contributed by atoms with E-state index in [-0.39, 0.29) is 78.3 Å². The number of carbonyl (C=O) groups excluding carboxylic acids is 1. The van der Waals surface area contributed by atoms with Crippen molar-refractivity contribution in [1.29, 1.82) is 0 Å². The number of Topliss-reactive ketones (excluding diaryl/α,β-unsaturated/α-hetero) is 1. The molecular formula is C45H73NaO20S. The first-order valence-corrected chi connectivity index (χ1v) is 24.9. The molecule has 7 rings (SSSR count). The van der Waals surface area contributed by atoms with Crippen LogP contribution in [0.5, 0.6) is 0 Å². The second kappa shape index (κ2) is 20.5. The quantitative estimate of drug-likeness (QED) is 0.0292. The summed E-state index contributed by atoms with van der Waals surface area (Å²) < 4.78 is 76.8. The van der Waals surface area contributed by atoms with E-state index < -0.39 is 137 Å². The van der Waals surface area contributed by atoms with Crippen LogP contribution in [0.2, 0.25) is 0 Å². The molecule has 0 amide bonds. The van der Waals surface area contributed by atoms with Crippen LogP contribution in [0.3, 0.4) is 0 Å². The second-order valence-corrected chi connectivity index (χ2v) is 22.7. The average molecular weight is 989 g/mol. The van der Waals surface area contributed by atoms with Gasteiger partial charge in [-0.25, -0.2) is 8.42 Å². The summed E-state index contributed by atoms with van der Waals surface area (Å²) in [5.41, 5.74) is -1.18. The molecule has 23 atom stereocenters. The minimum atomic E-state index is -5.08. The maximum Gasteiger partial charge on any atom is 1.00 e. The van der Waals surface area contributed by atoms with Gasteiger partial charge in [-0.2, -0.15) is 0 Å². The summed E-state index contributed by atoms with van der Waals surface area (Å²) >= 11 is 0. The smallest absolute Gasteiger partial charge is 0.726 e. The molecule has 0 aromatic heterocycles. The van der Waals surface area contributed by atoms with Crippen LogP contribution < -0.4 is 29.6 Å². The largest absolute Gasteiger partial charge is 1.00 e. The van der Waals surface area contributed by atoms with E-state index in [1.54, 1.807) is 6.92 Å². The third-order valence-electron chi connectivity index (χ3n) is 16.6. The van der Waals surface area contributed by atoms with Crippen LogP contribution in [-0.4, -0.2) is 174 Å². The monoisotopic (exact) mass is 988 g/mol. The van der Waals surface area contributed by atoms with Gasteiger partial charge in [0.25, 0.3) is 0 Å². The second-order valence-electron chi connectivity index (χ2n) is 21.7. The summed E-state index contributed by atoms with van der Waals surface area (Å²) in [5, 5.41) is 101. The molecule has 3 saturated carbocycles. The van der Waals surface area contributed by atoms with Gasteiger partial charge in [0.15, 0.2) is 18.9 Å². The molecule has 22 heteroatoms. The Morgan fingerprint density at radius 1 is 0.836 bits per heavy atom. The number of rotatable bonds is 13. The molecule has 7 aliphatic rings. The summed E-state index contributed by atoms with van der Waals surface area (Å²) in [4.78, 5) is 13.1. The van der Waals surface area contributed by atoms with Crippen LogP contribution in [0.1, 0.15) is 113 Å². The number of carbonyl (C=O) groups is 1. The van der Waals surface area contributed by atoms with E-state index in [0.29, 0.717) is 32.1 Å². The van der Waals surface area contributed by atoms with Crippen molar-refractivity contribution in [3.05, 3.63) is 11.6 Å². The molecule has 0 aromatic carbocycles. The number of aliphatic hydroxyl groups excluding tert-OH is 6. The zero-order valence-corrected chi connectivity index (χ0v) is 42.8. The minimum Gasteiger partial charge on any atom is -0.726 e. The van der Waals surface area contributed by atoms with E-state index in [1.807, 2.05) is 13.8 Å². The normalized spacial score (nSPS) is 48.6. The van der Waals surface area contributed by atoms with Crippen molar-refractivity contribution in [3.63, 3.8) is 0 Å².